The molecule has 0 saturated heterocycles. The number of rotatable bonds is 3. The molecule has 1 aromatic heterocycles. The van der Waals surface area contributed by atoms with E-state index in [2.05, 4.69) is 44.8 Å². The van der Waals surface area contributed by atoms with E-state index in [9.17, 15) is 0 Å². The van der Waals surface area contributed by atoms with Crippen molar-refractivity contribution in [3.63, 3.8) is 0 Å². The summed E-state index contributed by atoms with van der Waals surface area (Å²) in [6.45, 7) is 9.14. The summed E-state index contributed by atoms with van der Waals surface area (Å²) in [4.78, 5) is 4.05. The average Bonchev–Trinajstić information content (AvgIpc) is 2.17. The average molecular weight is 177 g/mol. The van der Waals surface area contributed by atoms with Crippen LogP contribution in [0.25, 0.3) is 0 Å². The summed E-state index contributed by atoms with van der Waals surface area (Å²) >= 11 is 0. The highest BCUT2D eigenvalue weighted by molar-refractivity contribution is 5.22. The van der Waals surface area contributed by atoms with Gasteiger partial charge in [0.1, 0.15) is 0 Å². The van der Waals surface area contributed by atoms with Crippen LogP contribution in [0.1, 0.15) is 39.7 Å². The maximum absolute atomic E-state index is 4.05. The van der Waals surface area contributed by atoms with Gasteiger partial charge in [0.15, 0.2) is 0 Å². The second-order valence-corrected chi connectivity index (χ2v) is 4.16. The summed E-state index contributed by atoms with van der Waals surface area (Å²) in [6.07, 6.45) is 4.94. The summed E-state index contributed by atoms with van der Waals surface area (Å²) in [7, 11) is 0. The van der Waals surface area contributed by atoms with Crippen molar-refractivity contribution in [1.29, 1.82) is 0 Å². The second-order valence-electron chi connectivity index (χ2n) is 4.16. The van der Waals surface area contributed by atoms with Crippen LogP contribution in [0, 0.1) is 5.92 Å². The summed E-state index contributed by atoms with van der Waals surface area (Å²) in [5.41, 5.74) is 1.70. The SMILES string of the molecule is CCC(C)(c1ccncc1)C(C)C. The van der Waals surface area contributed by atoms with Crippen LogP contribution in [0.3, 0.4) is 0 Å². The van der Waals surface area contributed by atoms with E-state index in [1.54, 1.807) is 0 Å². The Bertz CT molecular complexity index is 253. The van der Waals surface area contributed by atoms with Crippen molar-refractivity contribution in [3.05, 3.63) is 30.1 Å². The molecule has 0 aliphatic carbocycles. The van der Waals surface area contributed by atoms with Gasteiger partial charge >= 0.3 is 0 Å². The highest BCUT2D eigenvalue weighted by Gasteiger charge is 2.27. The number of nitrogens with zero attached hydrogens (tertiary/aromatic N) is 1. The molecule has 0 fully saturated rings. The van der Waals surface area contributed by atoms with Crippen molar-refractivity contribution in [2.24, 2.45) is 5.92 Å². The van der Waals surface area contributed by atoms with Crippen molar-refractivity contribution in [2.45, 2.75) is 39.5 Å². The topological polar surface area (TPSA) is 12.9 Å². The predicted octanol–water partition coefficient (Wildman–Crippen LogP) is 3.41. The Labute approximate surface area is 81.2 Å². The van der Waals surface area contributed by atoms with Gasteiger partial charge in [-0.05, 0) is 35.4 Å². The van der Waals surface area contributed by atoms with Gasteiger partial charge < -0.3 is 0 Å². The van der Waals surface area contributed by atoms with Crippen LogP contribution >= 0.6 is 0 Å². The molecule has 0 aromatic carbocycles. The lowest BCUT2D eigenvalue weighted by molar-refractivity contribution is 0.326. The first-order valence-corrected chi connectivity index (χ1v) is 5.01. The van der Waals surface area contributed by atoms with Gasteiger partial charge in [0.05, 0.1) is 0 Å². The number of pyridine rings is 1. The third-order valence-corrected chi connectivity index (χ3v) is 3.35. The molecular formula is C12H19N. The summed E-state index contributed by atoms with van der Waals surface area (Å²) < 4.78 is 0. The first kappa shape index (κ1) is 10.2. The third kappa shape index (κ3) is 1.90. The Kier molecular flexibility index (Phi) is 3.07. The normalized spacial score (nSPS) is 15.8. The van der Waals surface area contributed by atoms with Gasteiger partial charge in [-0.15, -0.1) is 0 Å². The standard InChI is InChI=1S/C12H19N/c1-5-12(4,10(2)3)11-6-8-13-9-7-11/h6-10H,5H2,1-4H3. The monoisotopic (exact) mass is 177 g/mol. The zero-order valence-electron chi connectivity index (χ0n) is 9.04. The smallest absolute Gasteiger partial charge is 0.0270 e. The van der Waals surface area contributed by atoms with E-state index >= 15 is 0 Å². The predicted molar refractivity (Wildman–Crippen MR) is 56.7 cm³/mol. The zero-order chi connectivity index (χ0) is 9.90. The lowest BCUT2D eigenvalue weighted by atomic mass is 9.72. The first-order valence-electron chi connectivity index (χ1n) is 5.01. The van der Waals surface area contributed by atoms with Gasteiger partial charge in [-0.1, -0.05) is 27.7 Å². The Morgan fingerprint density at radius 2 is 1.85 bits per heavy atom. The van der Waals surface area contributed by atoms with Gasteiger partial charge in [-0.25, -0.2) is 0 Å². The summed E-state index contributed by atoms with van der Waals surface area (Å²) in [5, 5.41) is 0. The van der Waals surface area contributed by atoms with Gasteiger partial charge in [0, 0.05) is 12.4 Å². The summed E-state index contributed by atoms with van der Waals surface area (Å²) in [5.74, 6) is 0.667. The fraction of sp³-hybridized carbons (Fsp3) is 0.583. The molecule has 1 heteroatoms. The number of hydrogen-bond acceptors (Lipinski definition) is 1. The molecule has 0 aliphatic heterocycles. The number of aromatic nitrogens is 1. The molecule has 0 saturated carbocycles. The van der Waals surface area contributed by atoms with E-state index in [1.807, 2.05) is 12.4 Å². The zero-order valence-corrected chi connectivity index (χ0v) is 9.04. The fourth-order valence-corrected chi connectivity index (χ4v) is 1.68. The summed E-state index contributed by atoms with van der Waals surface area (Å²) in [6, 6.07) is 4.26. The van der Waals surface area contributed by atoms with Gasteiger partial charge in [-0.3, -0.25) is 4.98 Å². The molecule has 0 bridgehead atoms. The highest BCUT2D eigenvalue weighted by Crippen LogP contribution is 2.34. The number of hydrogen-bond donors (Lipinski definition) is 0. The van der Waals surface area contributed by atoms with Crippen LogP contribution in [-0.2, 0) is 5.41 Å². The molecule has 1 atom stereocenters. The molecule has 0 spiro atoms. The molecule has 1 heterocycles. The first-order chi connectivity index (χ1) is 6.11. The van der Waals surface area contributed by atoms with Crippen LogP contribution < -0.4 is 0 Å². The molecule has 1 rings (SSSR count). The molecule has 1 unspecified atom stereocenters. The molecule has 0 aliphatic rings. The Hall–Kier alpha value is -0.850. The van der Waals surface area contributed by atoms with Gasteiger partial charge in [0.2, 0.25) is 0 Å². The Morgan fingerprint density at radius 3 is 2.23 bits per heavy atom. The molecule has 0 radical (unpaired) electrons. The van der Waals surface area contributed by atoms with E-state index in [4.69, 9.17) is 0 Å². The van der Waals surface area contributed by atoms with Crippen LogP contribution in [0.5, 0.6) is 0 Å². The largest absolute Gasteiger partial charge is 0.265 e. The minimum atomic E-state index is 0.295. The van der Waals surface area contributed by atoms with Crippen molar-refractivity contribution in [3.8, 4) is 0 Å². The third-order valence-electron chi connectivity index (χ3n) is 3.35. The van der Waals surface area contributed by atoms with Crippen molar-refractivity contribution in [2.75, 3.05) is 0 Å². The van der Waals surface area contributed by atoms with E-state index in [0.717, 1.165) is 0 Å². The molecule has 72 valence electrons. The van der Waals surface area contributed by atoms with E-state index in [-0.39, 0.29) is 0 Å². The van der Waals surface area contributed by atoms with Crippen LogP contribution in [-0.4, -0.2) is 4.98 Å². The minimum absolute atomic E-state index is 0.295. The highest BCUT2D eigenvalue weighted by atomic mass is 14.6. The second kappa shape index (κ2) is 3.91. The van der Waals surface area contributed by atoms with Gasteiger partial charge in [-0.2, -0.15) is 0 Å². The molecule has 1 nitrogen and oxygen atoms in total. The van der Waals surface area contributed by atoms with Crippen LogP contribution in [0.4, 0.5) is 0 Å². The minimum Gasteiger partial charge on any atom is -0.265 e. The Balaban J connectivity index is 3.03. The molecule has 0 N–H and O–H groups in total. The Morgan fingerprint density at radius 1 is 1.31 bits per heavy atom. The molecular weight excluding hydrogens is 158 g/mol. The van der Waals surface area contributed by atoms with Gasteiger partial charge in [0.25, 0.3) is 0 Å². The maximum atomic E-state index is 4.05. The van der Waals surface area contributed by atoms with E-state index in [1.165, 1.54) is 12.0 Å². The van der Waals surface area contributed by atoms with Crippen LogP contribution in [0.2, 0.25) is 0 Å². The maximum Gasteiger partial charge on any atom is 0.0270 e. The van der Waals surface area contributed by atoms with Crippen molar-refractivity contribution in [1.82, 2.24) is 4.98 Å². The van der Waals surface area contributed by atoms with E-state index < -0.39 is 0 Å². The lowest BCUT2D eigenvalue weighted by Crippen LogP contribution is -2.27. The fourth-order valence-electron chi connectivity index (χ4n) is 1.68. The van der Waals surface area contributed by atoms with Crippen LogP contribution in [0.15, 0.2) is 24.5 Å². The quantitative estimate of drug-likeness (QED) is 0.689. The van der Waals surface area contributed by atoms with Crippen molar-refractivity contribution >= 4 is 0 Å². The van der Waals surface area contributed by atoms with Crippen molar-refractivity contribution < 1.29 is 0 Å². The van der Waals surface area contributed by atoms with E-state index in [0.29, 0.717) is 11.3 Å². The molecule has 0 amide bonds. The lowest BCUT2D eigenvalue weighted by Gasteiger charge is -2.33. The molecule has 1 aromatic rings. The molecule has 13 heavy (non-hydrogen) atoms.